The standard InChI is InChI=1S/C23H26N2O4/c1-16(26)29-20-10-6-8-18(14-20)22(28)24-15-17-7-5-9-19(13-17)25-21(27)11-12-23(2,3)4/h5-14H,15H2,1-4H3,(H,24,28)(H,25,27)/b12-11+. The van der Waals surface area contributed by atoms with E-state index < -0.39 is 5.97 Å². The number of amides is 2. The van der Waals surface area contributed by atoms with Crippen LogP contribution in [0.3, 0.4) is 0 Å². The molecule has 2 amide bonds. The molecule has 2 rings (SSSR count). The van der Waals surface area contributed by atoms with E-state index in [0.29, 0.717) is 17.0 Å². The predicted octanol–water partition coefficient (Wildman–Crippen LogP) is 4.08. The average molecular weight is 394 g/mol. The topological polar surface area (TPSA) is 84.5 Å². The van der Waals surface area contributed by atoms with Gasteiger partial charge in [0.25, 0.3) is 5.91 Å². The van der Waals surface area contributed by atoms with Crippen molar-refractivity contribution in [2.45, 2.75) is 34.2 Å². The third kappa shape index (κ3) is 8.01. The predicted molar refractivity (Wildman–Crippen MR) is 113 cm³/mol. The van der Waals surface area contributed by atoms with E-state index in [9.17, 15) is 14.4 Å². The Balaban J connectivity index is 1.97. The SMILES string of the molecule is CC(=O)Oc1cccc(C(=O)NCc2cccc(NC(=O)/C=C/C(C)(C)C)c2)c1. The van der Waals surface area contributed by atoms with Crippen LogP contribution in [0, 0.1) is 5.41 Å². The highest BCUT2D eigenvalue weighted by Crippen LogP contribution is 2.16. The van der Waals surface area contributed by atoms with Crippen molar-refractivity contribution in [3.05, 3.63) is 71.8 Å². The van der Waals surface area contributed by atoms with Crippen LogP contribution in [0.2, 0.25) is 0 Å². The number of rotatable bonds is 6. The summed E-state index contributed by atoms with van der Waals surface area (Å²) in [5, 5.41) is 5.63. The lowest BCUT2D eigenvalue weighted by molar-refractivity contribution is -0.131. The number of allylic oxidation sites excluding steroid dienone is 1. The number of hydrogen-bond donors (Lipinski definition) is 2. The summed E-state index contributed by atoms with van der Waals surface area (Å²) in [6.45, 7) is 7.64. The van der Waals surface area contributed by atoms with Gasteiger partial charge in [0.15, 0.2) is 0 Å². The van der Waals surface area contributed by atoms with Gasteiger partial charge in [-0.2, -0.15) is 0 Å². The van der Waals surface area contributed by atoms with E-state index in [1.165, 1.54) is 19.1 Å². The van der Waals surface area contributed by atoms with Crippen LogP contribution in [-0.4, -0.2) is 17.8 Å². The van der Waals surface area contributed by atoms with Crippen molar-refractivity contribution in [3.8, 4) is 5.75 Å². The Labute approximate surface area is 171 Å². The molecule has 0 heterocycles. The van der Waals surface area contributed by atoms with Gasteiger partial charge in [-0.1, -0.05) is 45.0 Å². The Hall–Kier alpha value is -3.41. The molecule has 0 spiro atoms. The van der Waals surface area contributed by atoms with Crippen molar-refractivity contribution >= 4 is 23.5 Å². The molecule has 0 aromatic heterocycles. The number of nitrogens with one attached hydrogen (secondary N) is 2. The highest BCUT2D eigenvalue weighted by molar-refractivity contribution is 5.99. The fourth-order valence-electron chi connectivity index (χ4n) is 2.42. The Morgan fingerprint density at radius 2 is 1.76 bits per heavy atom. The van der Waals surface area contributed by atoms with E-state index in [1.807, 2.05) is 39.0 Å². The number of carbonyl (C=O) groups excluding carboxylic acids is 3. The smallest absolute Gasteiger partial charge is 0.308 e. The Kier molecular flexibility index (Phi) is 7.31. The van der Waals surface area contributed by atoms with Gasteiger partial charge >= 0.3 is 5.97 Å². The first-order chi connectivity index (χ1) is 13.6. The van der Waals surface area contributed by atoms with Gasteiger partial charge < -0.3 is 15.4 Å². The molecule has 0 aliphatic rings. The summed E-state index contributed by atoms with van der Waals surface area (Å²) in [5.41, 5.74) is 1.81. The van der Waals surface area contributed by atoms with Crippen molar-refractivity contribution in [3.63, 3.8) is 0 Å². The molecule has 0 atom stereocenters. The summed E-state index contributed by atoms with van der Waals surface area (Å²) in [6, 6.07) is 13.7. The molecule has 6 heteroatoms. The molecule has 0 unspecified atom stereocenters. The summed E-state index contributed by atoms with van der Waals surface area (Å²) in [7, 11) is 0. The molecule has 2 aromatic rings. The van der Waals surface area contributed by atoms with Gasteiger partial charge in [0, 0.05) is 24.7 Å². The number of esters is 1. The fraction of sp³-hybridized carbons (Fsp3) is 0.261. The molecule has 0 saturated carbocycles. The first-order valence-corrected chi connectivity index (χ1v) is 9.28. The average Bonchev–Trinajstić information content (AvgIpc) is 2.64. The van der Waals surface area contributed by atoms with Gasteiger partial charge in [0.05, 0.1) is 0 Å². The molecule has 2 aromatic carbocycles. The van der Waals surface area contributed by atoms with Gasteiger partial charge in [0.2, 0.25) is 5.91 Å². The monoisotopic (exact) mass is 394 g/mol. The summed E-state index contributed by atoms with van der Waals surface area (Å²) in [6.07, 6.45) is 3.36. The summed E-state index contributed by atoms with van der Waals surface area (Å²) in [4.78, 5) is 35.4. The third-order valence-electron chi connectivity index (χ3n) is 3.74. The van der Waals surface area contributed by atoms with Crippen LogP contribution in [0.5, 0.6) is 5.75 Å². The number of anilines is 1. The Bertz CT molecular complexity index is 926. The van der Waals surface area contributed by atoms with Crippen molar-refractivity contribution in [1.82, 2.24) is 5.32 Å². The lowest BCUT2D eigenvalue weighted by atomic mass is 9.96. The molecule has 29 heavy (non-hydrogen) atoms. The lowest BCUT2D eigenvalue weighted by Gasteiger charge is -2.11. The molecular formula is C23H26N2O4. The van der Waals surface area contributed by atoms with E-state index in [-0.39, 0.29) is 23.8 Å². The Morgan fingerprint density at radius 3 is 2.45 bits per heavy atom. The van der Waals surface area contributed by atoms with E-state index in [2.05, 4.69) is 10.6 Å². The first-order valence-electron chi connectivity index (χ1n) is 9.28. The summed E-state index contributed by atoms with van der Waals surface area (Å²) < 4.78 is 5.00. The Morgan fingerprint density at radius 1 is 1.03 bits per heavy atom. The quantitative estimate of drug-likeness (QED) is 0.439. The largest absolute Gasteiger partial charge is 0.427 e. The second kappa shape index (κ2) is 9.68. The van der Waals surface area contributed by atoms with Crippen LogP contribution < -0.4 is 15.4 Å². The summed E-state index contributed by atoms with van der Waals surface area (Å²) in [5.74, 6) is -0.623. The number of hydrogen-bond acceptors (Lipinski definition) is 4. The normalized spacial score (nSPS) is 11.2. The maximum absolute atomic E-state index is 12.4. The van der Waals surface area contributed by atoms with Crippen LogP contribution in [0.15, 0.2) is 60.7 Å². The molecule has 0 fully saturated rings. The second-order valence-electron chi connectivity index (χ2n) is 7.69. The van der Waals surface area contributed by atoms with Gasteiger partial charge in [-0.25, -0.2) is 0 Å². The molecule has 0 saturated heterocycles. The van der Waals surface area contributed by atoms with Crippen LogP contribution >= 0.6 is 0 Å². The molecule has 0 bridgehead atoms. The van der Waals surface area contributed by atoms with Gasteiger partial charge in [-0.15, -0.1) is 0 Å². The molecule has 2 N–H and O–H groups in total. The second-order valence-corrected chi connectivity index (χ2v) is 7.69. The van der Waals surface area contributed by atoms with E-state index in [4.69, 9.17) is 4.74 Å². The highest BCUT2D eigenvalue weighted by Gasteiger charge is 2.09. The van der Waals surface area contributed by atoms with Gasteiger partial charge in [0.1, 0.15) is 5.75 Å². The minimum absolute atomic E-state index is 0.0732. The molecule has 6 nitrogen and oxygen atoms in total. The molecule has 0 aliphatic carbocycles. The lowest BCUT2D eigenvalue weighted by Crippen LogP contribution is -2.23. The number of carbonyl (C=O) groups is 3. The zero-order valence-corrected chi connectivity index (χ0v) is 17.1. The summed E-state index contributed by atoms with van der Waals surface area (Å²) >= 11 is 0. The third-order valence-corrected chi connectivity index (χ3v) is 3.74. The zero-order chi connectivity index (χ0) is 21.4. The van der Waals surface area contributed by atoms with Crippen molar-refractivity contribution in [2.75, 3.05) is 5.32 Å². The highest BCUT2D eigenvalue weighted by atomic mass is 16.5. The molecular weight excluding hydrogens is 368 g/mol. The molecule has 152 valence electrons. The van der Waals surface area contributed by atoms with Crippen molar-refractivity contribution in [2.24, 2.45) is 5.41 Å². The van der Waals surface area contributed by atoms with E-state index in [0.717, 1.165) is 5.56 Å². The fourth-order valence-corrected chi connectivity index (χ4v) is 2.42. The van der Waals surface area contributed by atoms with Crippen molar-refractivity contribution < 1.29 is 19.1 Å². The number of benzene rings is 2. The molecule has 0 radical (unpaired) electrons. The van der Waals surface area contributed by atoms with Gasteiger partial charge in [-0.05, 0) is 47.4 Å². The zero-order valence-electron chi connectivity index (χ0n) is 17.1. The number of ether oxygens (including phenoxy) is 1. The van der Waals surface area contributed by atoms with Crippen molar-refractivity contribution in [1.29, 1.82) is 0 Å². The maximum atomic E-state index is 12.4. The van der Waals surface area contributed by atoms with Crippen LogP contribution in [-0.2, 0) is 16.1 Å². The van der Waals surface area contributed by atoms with Crippen LogP contribution in [0.1, 0.15) is 43.6 Å². The van der Waals surface area contributed by atoms with E-state index >= 15 is 0 Å². The molecule has 0 aliphatic heterocycles. The van der Waals surface area contributed by atoms with Crippen LogP contribution in [0.4, 0.5) is 5.69 Å². The minimum atomic E-state index is -0.446. The maximum Gasteiger partial charge on any atom is 0.308 e. The van der Waals surface area contributed by atoms with Crippen LogP contribution in [0.25, 0.3) is 0 Å². The minimum Gasteiger partial charge on any atom is -0.427 e. The first kappa shape index (κ1) is 21.9. The van der Waals surface area contributed by atoms with Gasteiger partial charge in [-0.3, -0.25) is 14.4 Å². The van der Waals surface area contributed by atoms with E-state index in [1.54, 1.807) is 30.3 Å².